The van der Waals surface area contributed by atoms with Gasteiger partial charge in [0.2, 0.25) is 11.8 Å². The molecule has 18 heavy (non-hydrogen) atoms. The Morgan fingerprint density at radius 1 is 1.17 bits per heavy atom. The van der Waals surface area contributed by atoms with E-state index in [1.165, 1.54) is 0 Å². The average Bonchev–Trinajstić information content (AvgIpc) is 2.36. The van der Waals surface area contributed by atoms with Gasteiger partial charge in [-0.15, -0.1) is 0 Å². The molecule has 0 spiro atoms. The second-order valence-corrected chi connectivity index (χ2v) is 4.85. The predicted octanol–water partition coefficient (Wildman–Crippen LogP) is 2.69. The van der Waals surface area contributed by atoms with Crippen molar-refractivity contribution >= 4 is 33.4 Å². The second kappa shape index (κ2) is 7.87. The van der Waals surface area contributed by atoms with Gasteiger partial charge >= 0.3 is 0 Å². The molecule has 4 nitrogen and oxygen atoms in total. The van der Waals surface area contributed by atoms with Crippen LogP contribution in [-0.2, 0) is 9.59 Å². The van der Waals surface area contributed by atoms with E-state index in [0.717, 1.165) is 17.3 Å². The molecule has 2 N–H and O–H groups in total. The van der Waals surface area contributed by atoms with Crippen LogP contribution in [0.5, 0.6) is 0 Å². The summed E-state index contributed by atoms with van der Waals surface area (Å²) in [7, 11) is 0. The fourth-order valence-corrected chi connectivity index (χ4v) is 1.61. The van der Waals surface area contributed by atoms with Gasteiger partial charge in [0.25, 0.3) is 0 Å². The average molecular weight is 313 g/mol. The summed E-state index contributed by atoms with van der Waals surface area (Å²) < 4.78 is 0.952. The van der Waals surface area contributed by atoms with Crippen molar-refractivity contribution in [3.8, 4) is 0 Å². The molecule has 0 saturated heterocycles. The van der Waals surface area contributed by atoms with Crippen LogP contribution >= 0.6 is 15.9 Å². The monoisotopic (exact) mass is 312 g/mol. The van der Waals surface area contributed by atoms with Gasteiger partial charge in [0.1, 0.15) is 0 Å². The Morgan fingerprint density at radius 3 is 2.44 bits per heavy atom. The Kier molecular flexibility index (Phi) is 6.43. The first-order chi connectivity index (χ1) is 8.61. The molecule has 2 amide bonds. The first-order valence-corrected chi connectivity index (χ1v) is 6.73. The summed E-state index contributed by atoms with van der Waals surface area (Å²) in [5, 5.41) is 5.29. The van der Waals surface area contributed by atoms with Crippen molar-refractivity contribution in [2.75, 3.05) is 11.9 Å². The minimum Gasteiger partial charge on any atom is -0.347 e. The maximum atomic E-state index is 11.5. The van der Waals surface area contributed by atoms with Crippen LogP contribution in [0.25, 0.3) is 0 Å². The van der Waals surface area contributed by atoms with E-state index < -0.39 is 0 Å². The van der Waals surface area contributed by atoms with Crippen molar-refractivity contribution in [2.45, 2.75) is 26.2 Å². The normalized spacial score (nSPS) is 9.89. The van der Waals surface area contributed by atoms with Gasteiger partial charge in [0.15, 0.2) is 0 Å². The van der Waals surface area contributed by atoms with Crippen LogP contribution < -0.4 is 10.6 Å². The minimum absolute atomic E-state index is 0.0125. The summed E-state index contributed by atoms with van der Waals surface area (Å²) in [6.45, 7) is 2.03. The minimum atomic E-state index is -0.220. The van der Waals surface area contributed by atoms with Crippen molar-refractivity contribution in [1.29, 1.82) is 0 Å². The molecule has 98 valence electrons. The lowest BCUT2D eigenvalue weighted by Crippen LogP contribution is -2.32. The Morgan fingerprint density at radius 2 is 1.83 bits per heavy atom. The molecule has 0 aliphatic carbocycles. The quantitative estimate of drug-likeness (QED) is 0.848. The molecule has 0 aliphatic heterocycles. The topological polar surface area (TPSA) is 58.2 Å². The number of amides is 2. The fourth-order valence-electron chi connectivity index (χ4n) is 1.34. The molecular weight excluding hydrogens is 296 g/mol. The number of benzene rings is 1. The second-order valence-electron chi connectivity index (χ2n) is 3.94. The zero-order chi connectivity index (χ0) is 13.4. The van der Waals surface area contributed by atoms with E-state index >= 15 is 0 Å². The van der Waals surface area contributed by atoms with Crippen LogP contribution in [0.4, 0.5) is 5.69 Å². The van der Waals surface area contributed by atoms with E-state index in [-0.39, 0.29) is 18.4 Å². The summed E-state index contributed by atoms with van der Waals surface area (Å²) in [5.74, 6) is -0.301. The van der Waals surface area contributed by atoms with E-state index in [9.17, 15) is 9.59 Å². The first-order valence-electron chi connectivity index (χ1n) is 5.94. The van der Waals surface area contributed by atoms with Crippen LogP contribution in [0.2, 0.25) is 0 Å². The van der Waals surface area contributed by atoms with Crippen LogP contribution in [0.15, 0.2) is 28.7 Å². The number of carbonyl (C=O) groups is 2. The Labute approximate surface area is 115 Å². The van der Waals surface area contributed by atoms with Gasteiger partial charge in [0, 0.05) is 16.6 Å². The van der Waals surface area contributed by atoms with Gasteiger partial charge in [-0.05, 0) is 30.7 Å². The van der Waals surface area contributed by atoms with Crippen LogP contribution in [0.1, 0.15) is 26.2 Å². The predicted molar refractivity (Wildman–Crippen MR) is 75.3 cm³/mol. The molecule has 0 heterocycles. The van der Waals surface area contributed by atoms with Crippen LogP contribution in [0, 0.1) is 0 Å². The highest BCUT2D eigenvalue weighted by Gasteiger charge is 2.05. The summed E-state index contributed by atoms with van der Waals surface area (Å²) in [6, 6.07) is 7.27. The van der Waals surface area contributed by atoms with Crippen molar-refractivity contribution < 1.29 is 9.59 Å². The molecule has 0 radical (unpaired) electrons. The zero-order valence-corrected chi connectivity index (χ0v) is 11.9. The third-order valence-corrected chi connectivity index (χ3v) is 2.86. The van der Waals surface area contributed by atoms with Crippen molar-refractivity contribution in [3.63, 3.8) is 0 Å². The third-order valence-electron chi connectivity index (χ3n) is 2.33. The molecule has 0 aromatic heterocycles. The van der Waals surface area contributed by atoms with Crippen molar-refractivity contribution in [1.82, 2.24) is 5.32 Å². The number of nitrogens with one attached hydrogen (secondary N) is 2. The maximum Gasteiger partial charge on any atom is 0.243 e. The van der Waals surface area contributed by atoms with E-state index in [2.05, 4.69) is 26.6 Å². The van der Waals surface area contributed by atoms with Crippen molar-refractivity contribution in [2.24, 2.45) is 0 Å². The van der Waals surface area contributed by atoms with Gasteiger partial charge < -0.3 is 10.6 Å². The van der Waals surface area contributed by atoms with Gasteiger partial charge in [-0.25, -0.2) is 0 Å². The first kappa shape index (κ1) is 14.7. The maximum absolute atomic E-state index is 11.5. The standard InChI is InChI=1S/C13H17BrN2O2/c1-2-3-4-12(17)15-9-13(18)16-11-7-5-10(14)6-8-11/h5-8H,2-4,9H2,1H3,(H,15,17)(H,16,18). The Balaban J connectivity index is 2.29. The lowest BCUT2D eigenvalue weighted by molar-refractivity contribution is -0.124. The lowest BCUT2D eigenvalue weighted by Gasteiger charge is -2.06. The molecule has 0 atom stereocenters. The summed E-state index contributed by atoms with van der Waals surface area (Å²) in [5.41, 5.74) is 0.714. The number of hydrogen-bond acceptors (Lipinski definition) is 2. The molecule has 1 rings (SSSR count). The molecular formula is C13H17BrN2O2. The number of unbranched alkanes of at least 4 members (excludes halogenated alkanes) is 1. The number of halogens is 1. The zero-order valence-electron chi connectivity index (χ0n) is 10.3. The highest BCUT2D eigenvalue weighted by molar-refractivity contribution is 9.10. The van der Waals surface area contributed by atoms with E-state index in [1.807, 2.05) is 19.1 Å². The van der Waals surface area contributed by atoms with Gasteiger partial charge in [-0.2, -0.15) is 0 Å². The molecule has 5 heteroatoms. The van der Waals surface area contributed by atoms with Gasteiger partial charge in [-0.1, -0.05) is 29.3 Å². The lowest BCUT2D eigenvalue weighted by atomic mass is 10.2. The fraction of sp³-hybridized carbons (Fsp3) is 0.385. The number of hydrogen-bond donors (Lipinski definition) is 2. The highest BCUT2D eigenvalue weighted by atomic mass is 79.9. The summed E-state index contributed by atoms with van der Waals surface area (Å²) in [4.78, 5) is 22.8. The third kappa shape index (κ3) is 5.82. The van der Waals surface area contributed by atoms with E-state index in [1.54, 1.807) is 12.1 Å². The van der Waals surface area contributed by atoms with Gasteiger partial charge in [0.05, 0.1) is 6.54 Å². The highest BCUT2D eigenvalue weighted by Crippen LogP contribution is 2.13. The molecule has 1 aromatic carbocycles. The molecule has 0 bridgehead atoms. The number of anilines is 1. The van der Waals surface area contributed by atoms with Crippen molar-refractivity contribution in [3.05, 3.63) is 28.7 Å². The molecule has 1 aromatic rings. The molecule has 0 saturated carbocycles. The largest absolute Gasteiger partial charge is 0.347 e. The summed E-state index contributed by atoms with van der Waals surface area (Å²) >= 11 is 3.32. The molecule has 0 fully saturated rings. The SMILES string of the molecule is CCCCC(=O)NCC(=O)Nc1ccc(Br)cc1. The van der Waals surface area contributed by atoms with E-state index in [4.69, 9.17) is 0 Å². The Hall–Kier alpha value is -1.36. The molecule has 0 unspecified atom stereocenters. The van der Waals surface area contributed by atoms with Crippen LogP contribution in [-0.4, -0.2) is 18.4 Å². The summed E-state index contributed by atoms with van der Waals surface area (Å²) in [6.07, 6.45) is 2.29. The number of carbonyl (C=O) groups excluding carboxylic acids is 2. The Bertz CT molecular complexity index is 404. The molecule has 0 aliphatic rings. The van der Waals surface area contributed by atoms with E-state index in [0.29, 0.717) is 12.1 Å². The van der Waals surface area contributed by atoms with Crippen LogP contribution in [0.3, 0.4) is 0 Å². The van der Waals surface area contributed by atoms with Gasteiger partial charge in [-0.3, -0.25) is 9.59 Å². The number of rotatable bonds is 6. The smallest absolute Gasteiger partial charge is 0.243 e.